The summed E-state index contributed by atoms with van der Waals surface area (Å²) in [6.07, 6.45) is 3.39. The number of nitrogens with zero attached hydrogens (tertiary/aromatic N) is 2. The van der Waals surface area contributed by atoms with Gasteiger partial charge in [-0.3, -0.25) is 14.4 Å². The van der Waals surface area contributed by atoms with Gasteiger partial charge in [-0.25, -0.2) is 0 Å². The molecule has 0 aromatic carbocycles. The first-order chi connectivity index (χ1) is 9.93. The predicted octanol–water partition coefficient (Wildman–Crippen LogP) is 0.568. The normalized spacial score (nSPS) is 31.4. The second-order valence-corrected chi connectivity index (χ2v) is 6.79. The van der Waals surface area contributed by atoms with E-state index in [9.17, 15) is 14.4 Å². The number of likely N-dealkylation sites (tertiary alicyclic amines) is 2. The number of amides is 2. The monoisotopic (exact) mass is 294 g/mol. The van der Waals surface area contributed by atoms with Crippen molar-refractivity contribution < 1.29 is 19.5 Å². The van der Waals surface area contributed by atoms with E-state index in [-0.39, 0.29) is 29.1 Å². The Labute approximate surface area is 124 Å². The van der Waals surface area contributed by atoms with Crippen LogP contribution < -0.4 is 0 Å². The number of piperidine rings is 2. The molecule has 2 unspecified atom stereocenters. The Balaban J connectivity index is 1.54. The second kappa shape index (κ2) is 5.00. The largest absolute Gasteiger partial charge is 0.481 e. The van der Waals surface area contributed by atoms with Crippen LogP contribution in [0.1, 0.15) is 32.1 Å². The molecule has 3 fully saturated rings. The average Bonchev–Trinajstić information content (AvgIpc) is 3.16. The molecule has 2 heterocycles. The molecule has 0 bridgehead atoms. The van der Waals surface area contributed by atoms with Crippen molar-refractivity contribution in [3.8, 4) is 0 Å². The average molecular weight is 294 g/mol. The number of carbonyl (C=O) groups excluding carboxylic acids is 2. The van der Waals surface area contributed by atoms with Gasteiger partial charge < -0.3 is 14.9 Å². The minimum Gasteiger partial charge on any atom is -0.481 e. The maximum absolute atomic E-state index is 12.5. The highest BCUT2D eigenvalue weighted by molar-refractivity contribution is 5.87. The van der Waals surface area contributed by atoms with Crippen molar-refractivity contribution in [3.05, 3.63) is 0 Å². The van der Waals surface area contributed by atoms with Gasteiger partial charge in [0.2, 0.25) is 11.8 Å². The zero-order chi connectivity index (χ0) is 15.2. The molecule has 116 valence electrons. The lowest BCUT2D eigenvalue weighted by atomic mass is 9.88. The molecular weight excluding hydrogens is 272 g/mol. The SMILES string of the molecule is CN1CCC(C(=O)N2CCC3(CC2)CC3C(=O)O)CC1=O. The molecule has 2 saturated heterocycles. The Hall–Kier alpha value is -1.59. The van der Waals surface area contributed by atoms with Crippen LogP contribution in [-0.2, 0) is 14.4 Å². The Morgan fingerprint density at radius 1 is 1.24 bits per heavy atom. The van der Waals surface area contributed by atoms with E-state index in [1.165, 1.54) is 0 Å². The van der Waals surface area contributed by atoms with Crippen molar-refractivity contribution >= 4 is 17.8 Å². The van der Waals surface area contributed by atoms with Crippen molar-refractivity contribution in [2.75, 3.05) is 26.7 Å². The summed E-state index contributed by atoms with van der Waals surface area (Å²) in [5.41, 5.74) is -0.0504. The summed E-state index contributed by atoms with van der Waals surface area (Å²) >= 11 is 0. The molecule has 1 saturated carbocycles. The van der Waals surface area contributed by atoms with Gasteiger partial charge >= 0.3 is 5.97 Å². The van der Waals surface area contributed by atoms with Crippen LogP contribution in [0, 0.1) is 17.3 Å². The molecule has 1 N–H and O–H groups in total. The highest BCUT2D eigenvalue weighted by Crippen LogP contribution is 2.59. The van der Waals surface area contributed by atoms with Gasteiger partial charge in [0.1, 0.15) is 0 Å². The van der Waals surface area contributed by atoms with E-state index in [0.717, 1.165) is 25.7 Å². The second-order valence-electron chi connectivity index (χ2n) is 6.79. The van der Waals surface area contributed by atoms with Crippen LogP contribution >= 0.6 is 0 Å². The summed E-state index contributed by atoms with van der Waals surface area (Å²) < 4.78 is 0. The minimum absolute atomic E-state index is 0.0428. The Morgan fingerprint density at radius 3 is 2.43 bits per heavy atom. The lowest BCUT2D eigenvalue weighted by Gasteiger charge is -2.36. The topological polar surface area (TPSA) is 77.9 Å². The van der Waals surface area contributed by atoms with E-state index in [1.807, 2.05) is 4.90 Å². The molecule has 6 heteroatoms. The third-order valence-corrected chi connectivity index (χ3v) is 5.57. The van der Waals surface area contributed by atoms with Crippen molar-refractivity contribution in [1.82, 2.24) is 9.80 Å². The first-order valence-electron chi connectivity index (χ1n) is 7.68. The zero-order valence-corrected chi connectivity index (χ0v) is 12.4. The van der Waals surface area contributed by atoms with Gasteiger partial charge in [-0.15, -0.1) is 0 Å². The molecule has 2 aliphatic heterocycles. The van der Waals surface area contributed by atoms with Gasteiger partial charge in [0.15, 0.2) is 0 Å². The minimum atomic E-state index is -0.698. The van der Waals surface area contributed by atoms with Gasteiger partial charge in [-0.2, -0.15) is 0 Å². The lowest BCUT2D eigenvalue weighted by Crippen LogP contribution is -2.46. The van der Waals surface area contributed by atoms with Crippen LogP contribution in [0.3, 0.4) is 0 Å². The molecular formula is C15H22N2O4. The van der Waals surface area contributed by atoms with E-state index in [2.05, 4.69) is 0 Å². The van der Waals surface area contributed by atoms with Crippen LogP contribution in [0.5, 0.6) is 0 Å². The summed E-state index contributed by atoms with van der Waals surface area (Å²) in [5, 5.41) is 9.08. The Morgan fingerprint density at radius 2 is 1.90 bits per heavy atom. The maximum atomic E-state index is 12.5. The summed E-state index contributed by atoms with van der Waals surface area (Å²) in [5.74, 6) is -0.965. The molecule has 21 heavy (non-hydrogen) atoms. The zero-order valence-electron chi connectivity index (χ0n) is 12.4. The fourth-order valence-corrected chi connectivity index (χ4v) is 3.83. The van der Waals surface area contributed by atoms with Crippen LogP contribution in [0.25, 0.3) is 0 Å². The third-order valence-electron chi connectivity index (χ3n) is 5.57. The van der Waals surface area contributed by atoms with E-state index in [4.69, 9.17) is 5.11 Å². The first kappa shape index (κ1) is 14.4. The van der Waals surface area contributed by atoms with E-state index < -0.39 is 5.97 Å². The van der Waals surface area contributed by atoms with Crippen LogP contribution in [-0.4, -0.2) is 59.4 Å². The fourth-order valence-electron chi connectivity index (χ4n) is 3.83. The Kier molecular flexibility index (Phi) is 3.42. The molecule has 3 rings (SSSR count). The number of carboxylic acid groups (broad SMARTS) is 1. The number of hydrogen-bond donors (Lipinski definition) is 1. The molecule has 1 spiro atoms. The van der Waals surface area contributed by atoms with E-state index >= 15 is 0 Å². The van der Waals surface area contributed by atoms with Gasteiger partial charge in [0.05, 0.1) is 5.92 Å². The van der Waals surface area contributed by atoms with Crippen molar-refractivity contribution in [3.63, 3.8) is 0 Å². The molecule has 2 atom stereocenters. The van der Waals surface area contributed by atoms with Crippen LogP contribution in [0.4, 0.5) is 0 Å². The summed E-state index contributed by atoms with van der Waals surface area (Å²) in [4.78, 5) is 38.8. The van der Waals surface area contributed by atoms with Crippen LogP contribution in [0.15, 0.2) is 0 Å². The van der Waals surface area contributed by atoms with Gasteiger partial charge in [-0.1, -0.05) is 0 Å². The summed E-state index contributed by atoms with van der Waals surface area (Å²) in [6.45, 7) is 1.93. The fraction of sp³-hybridized carbons (Fsp3) is 0.800. The summed E-state index contributed by atoms with van der Waals surface area (Å²) in [7, 11) is 1.77. The molecule has 3 aliphatic rings. The van der Waals surface area contributed by atoms with Gasteiger partial charge in [0.25, 0.3) is 0 Å². The number of rotatable bonds is 2. The standard InChI is InChI=1S/C15H22N2O4/c1-16-5-2-10(8-12(16)18)13(19)17-6-3-15(4-7-17)9-11(15)14(20)21/h10-11H,2-9H2,1H3,(H,20,21). The molecule has 0 aromatic rings. The van der Waals surface area contributed by atoms with Gasteiger partial charge in [-0.05, 0) is 31.1 Å². The number of hydrogen-bond acceptors (Lipinski definition) is 3. The molecule has 1 aliphatic carbocycles. The smallest absolute Gasteiger partial charge is 0.307 e. The number of carbonyl (C=O) groups is 3. The summed E-state index contributed by atoms with van der Waals surface area (Å²) in [6, 6.07) is 0. The quantitative estimate of drug-likeness (QED) is 0.807. The van der Waals surface area contributed by atoms with Crippen molar-refractivity contribution in [2.24, 2.45) is 17.3 Å². The van der Waals surface area contributed by atoms with E-state index in [0.29, 0.717) is 26.1 Å². The molecule has 0 aromatic heterocycles. The highest BCUT2D eigenvalue weighted by Gasteiger charge is 2.59. The molecule has 6 nitrogen and oxygen atoms in total. The van der Waals surface area contributed by atoms with Crippen molar-refractivity contribution in [1.29, 1.82) is 0 Å². The van der Waals surface area contributed by atoms with Crippen molar-refractivity contribution in [2.45, 2.75) is 32.1 Å². The van der Waals surface area contributed by atoms with Crippen LogP contribution in [0.2, 0.25) is 0 Å². The third kappa shape index (κ3) is 2.51. The highest BCUT2D eigenvalue weighted by atomic mass is 16.4. The predicted molar refractivity (Wildman–Crippen MR) is 74.4 cm³/mol. The molecule has 0 radical (unpaired) electrons. The van der Waals surface area contributed by atoms with Gasteiger partial charge in [0, 0.05) is 39.0 Å². The number of carboxylic acids is 1. The number of aliphatic carboxylic acids is 1. The lowest BCUT2D eigenvalue weighted by molar-refractivity contribution is -0.145. The maximum Gasteiger partial charge on any atom is 0.307 e. The Bertz CT molecular complexity index is 482. The first-order valence-corrected chi connectivity index (χ1v) is 7.68. The van der Waals surface area contributed by atoms with E-state index in [1.54, 1.807) is 11.9 Å². The molecule has 2 amide bonds.